The van der Waals surface area contributed by atoms with Crippen LogP contribution in [0, 0.1) is 11.6 Å². The van der Waals surface area contributed by atoms with Gasteiger partial charge in [0, 0.05) is 11.1 Å². The second-order valence-electron chi connectivity index (χ2n) is 6.53. The lowest BCUT2D eigenvalue weighted by Crippen LogP contribution is -2.19. The van der Waals surface area contributed by atoms with E-state index in [9.17, 15) is 17.2 Å². The van der Waals surface area contributed by atoms with Crippen molar-refractivity contribution in [3.63, 3.8) is 0 Å². The maximum absolute atomic E-state index is 13.8. The lowest BCUT2D eigenvalue weighted by Gasteiger charge is -2.09. The smallest absolute Gasteiger partial charge is 0.240 e. The highest BCUT2D eigenvalue weighted by Gasteiger charge is 2.17. The summed E-state index contributed by atoms with van der Waals surface area (Å²) in [4.78, 5) is 7.64. The first-order valence-corrected chi connectivity index (χ1v) is 10.5. The van der Waals surface area contributed by atoms with Crippen LogP contribution in [0.15, 0.2) is 65.6 Å². The molecule has 0 saturated heterocycles. The van der Waals surface area contributed by atoms with Crippen LogP contribution < -0.4 is 4.72 Å². The molecule has 0 amide bonds. The minimum atomic E-state index is -3.63. The van der Waals surface area contributed by atoms with Crippen LogP contribution in [0.5, 0.6) is 0 Å². The predicted octanol–water partition coefficient (Wildman–Crippen LogP) is 4.59. The van der Waals surface area contributed by atoms with Gasteiger partial charge in [-0.05, 0) is 55.1 Å². The molecule has 30 heavy (non-hydrogen) atoms. The van der Waals surface area contributed by atoms with Gasteiger partial charge in [-0.1, -0.05) is 30.3 Å². The quantitative estimate of drug-likeness (QED) is 0.491. The Bertz CT molecular complexity index is 1360. The van der Waals surface area contributed by atoms with Crippen molar-refractivity contribution in [2.75, 3.05) is 7.05 Å². The topological polar surface area (TPSA) is 74.8 Å². The summed E-state index contributed by atoms with van der Waals surface area (Å²) in [6.07, 6.45) is 2.80. The summed E-state index contributed by atoms with van der Waals surface area (Å²) >= 11 is 0. The fraction of sp³-hybridized carbons (Fsp3) is 0.0455. The van der Waals surface area contributed by atoms with Gasteiger partial charge in [-0.3, -0.25) is 0 Å². The Hall–Kier alpha value is -3.36. The van der Waals surface area contributed by atoms with Crippen LogP contribution in [0.3, 0.4) is 0 Å². The molecule has 8 heteroatoms. The Balaban J connectivity index is 1.74. The van der Waals surface area contributed by atoms with Crippen molar-refractivity contribution in [1.82, 2.24) is 14.7 Å². The fourth-order valence-electron chi connectivity index (χ4n) is 3.16. The Kier molecular flexibility index (Phi) is 5.19. The molecule has 4 aromatic rings. The number of fused-ring (bicyclic) bond motifs is 1. The predicted molar refractivity (Wildman–Crippen MR) is 113 cm³/mol. The first-order valence-electron chi connectivity index (χ1n) is 9.04. The van der Waals surface area contributed by atoms with Crippen molar-refractivity contribution < 1.29 is 17.2 Å². The molecule has 0 radical (unpaired) electrons. The highest BCUT2D eigenvalue weighted by Crippen LogP contribution is 2.29. The molecule has 0 atom stereocenters. The molecular formula is C22H17F2N3O2S. The number of aromatic amines is 1. The largest absolute Gasteiger partial charge is 0.338 e. The number of rotatable bonds is 5. The van der Waals surface area contributed by atoms with Crippen LogP contribution in [0.2, 0.25) is 0 Å². The van der Waals surface area contributed by atoms with Gasteiger partial charge in [0.05, 0.1) is 15.9 Å². The highest BCUT2D eigenvalue weighted by molar-refractivity contribution is 7.89. The molecule has 0 unspecified atom stereocenters. The van der Waals surface area contributed by atoms with Crippen molar-refractivity contribution in [1.29, 1.82) is 0 Å². The standard InChI is InChI=1S/C22H17F2N3O2S/c1-25-30(28,29)21-8-3-2-5-15(21)14-9-11-19-20(13-14)27-22(26-19)12-10-16-17(23)6-4-7-18(16)24/h2-13,25H,1H3,(H,26,27). The summed E-state index contributed by atoms with van der Waals surface area (Å²) in [6, 6.07) is 15.7. The molecule has 152 valence electrons. The number of H-pyrrole nitrogens is 1. The lowest BCUT2D eigenvalue weighted by atomic mass is 10.1. The Labute approximate surface area is 172 Å². The minimum Gasteiger partial charge on any atom is -0.338 e. The number of benzene rings is 3. The number of aromatic nitrogens is 2. The Morgan fingerprint density at radius 2 is 1.70 bits per heavy atom. The van der Waals surface area contributed by atoms with Gasteiger partial charge in [-0.15, -0.1) is 0 Å². The van der Waals surface area contributed by atoms with Crippen LogP contribution in [0.1, 0.15) is 11.4 Å². The summed E-state index contributed by atoms with van der Waals surface area (Å²) < 4.78 is 54.6. The second kappa shape index (κ2) is 7.81. The van der Waals surface area contributed by atoms with Gasteiger partial charge in [0.15, 0.2) is 0 Å². The zero-order chi connectivity index (χ0) is 21.3. The Morgan fingerprint density at radius 3 is 2.43 bits per heavy atom. The summed E-state index contributed by atoms with van der Waals surface area (Å²) in [5.41, 5.74) is 2.40. The third-order valence-electron chi connectivity index (χ3n) is 4.66. The van der Waals surface area contributed by atoms with Gasteiger partial charge in [-0.2, -0.15) is 0 Å². The van der Waals surface area contributed by atoms with Gasteiger partial charge in [0.25, 0.3) is 0 Å². The molecule has 0 aliphatic carbocycles. The summed E-state index contributed by atoms with van der Waals surface area (Å²) in [5.74, 6) is -0.903. The number of sulfonamides is 1. The molecule has 0 saturated carbocycles. The zero-order valence-electron chi connectivity index (χ0n) is 15.9. The fourth-order valence-corrected chi connectivity index (χ4v) is 4.11. The highest BCUT2D eigenvalue weighted by atomic mass is 32.2. The van der Waals surface area contributed by atoms with Crippen LogP contribution in [-0.4, -0.2) is 25.4 Å². The lowest BCUT2D eigenvalue weighted by molar-refractivity contribution is 0.578. The summed E-state index contributed by atoms with van der Waals surface area (Å²) in [7, 11) is -2.27. The van der Waals surface area contributed by atoms with Crippen molar-refractivity contribution in [2.24, 2.45) is 0 Å². The van der Waals surface area contributed by atoms with Gasteiger partial charge < -0.3 is 4.98 Å². The van der Waals surface area contributed by atoms with Crippen molar-refractivity contribution in [3.05, 3.63) is 83.7 Å². The number of nitrogens with zero attached hydrogens (tertiary/aromatic N) is 1. The number of halogens is 2. The van der Waals surface area contributed by atoms with E-state index in [2.05, 4.69) is 14.7 Å². The van der Waals surface area contributed by atoms with Crippen molar-refractivity contribution in [3.8, 4) is 11.1 Å². The second-order valence-corrected chi connectivity index (χ2v) is 8.38. The zero-order valence-corrected chi connectivity index (χ0v) is 16.7. The van der Waals surface area contributed by atoms with E-state index in [4.69, 9.17) is 0 Å². The van der Waals surface area contributed by atoms with Crippen LogP contribution in [-0.2, 0) is 10.0 Å². The van der Waals surface area contributed by atoms with Gasteiger partial charge in [0.1, 0.15) is 17.5 Å². The molecule has 0 bridgehead atoms. The van der Waals surface area contributed by atoms with E-state index in [-0.39, 0.29) is 10.5 Å². The number of hydrogen-bond acceptors (Lipinski definition) is 3. The van der Waals surface area contributed by atoms with E-state index >= 15 is 0 Å². The molecule has 1 aromatic heterocycles. The summed E-state index contributed by atoms with van der Waals surface area (Å²) in [6.45, 7) is 0. The maximum Gasteiger partial charge on any atom is 0.240 e. The van der Waals surface area contributed by atoms with Crippen LogP contribution in [0.4, 0.5) is 8.78 Å². The van der Waals surface area contributed by atoms with E-state index in [1.54, 1.807) is 36.4 Å². The molecule has 1 heterocycles. The Morgan fingerprint density at radius 1 is 0.967 bits per heavy atom. The van der Waals surface area contributed by atoms with Gasteiger partial charge >= 0.3 is 0 Å². The monoisotopic (exact) mass is 425 g/mol. The SMILES string of the molecule is CNS(=O)(=O)c1ccccc1-c1ccc2nc(C=Cc3c(F)cccc3F)[nH]c2c1. The van der Waals surface area contributed by atoms with E-state index in [1.165, 1.54) is 43.5 Å². The average molecular weight is 425 g/mol. The molecule has 0 spiro atoms. The average Bonchev–Trinajstić information content (AvgIpc) is 3.15. The molecule has 0 aliphatic heterocycles. The summed E-state index contributed by atoms with van der Waals surface area (Å²) in [5, 5.41) is 0. The third-order valence-corrected chi connectivity index (χ3v) is 6.14. The van der Waals surface area contributed by atoms with E-state index in [0.717, 1.165) is 0 Å². The van der Waals surface area contributed by atoms with Gasteiger partial charge in [-0.25, -0.2) is 26.9 Å². The van der Waals surface area contributed by atoms with Crippen LogP contribution in [0.25, 0.3) is 34.3 Å². The van der Waals surface area contributed by atoms with Crippen molar-refractivity contribution >= 4 is 33.2 Å². The van der Waals surface area contributed by atoms with Crippen molar-refractivity contribution in [2.45, 2.75) is 4.90 Å². The normalized spacial score (nSPS) is 12.1. The van der Waals surface area contributed by atoms with Gasteiger partial charge in [0.2, 0.25) is 10.0 Å². The maximum atomic E-state index is 13.8. The van der Waals surface area contributed by atoms with Crippen LogP contribution >= 0.6 is 0 Å². The van der Waals surface area contributed by atoms with E-state index in [0.29, 0.717) is 28.0 Å². The molecular weight excluding hydrogens is 408 g/mol. The molecule has 3 aromatic carbocycles. The first kappa shape index (κ1) is 19.9. The molecule has 0 aliphatic rings. The van der Waals surface area contributed by atoms with E-state index < -0.39 is 21.7 Å². The number of nitrogens with one attached hydrogen (secondary N) is 2. The molecule has 0 fully saturated rings. The third kappa shape index (κ3) is 3.74. The molecule has 4 rings (SSSR count). The molecule has 2 N–H and O–H groups in total. The number of imidazole rings is 1. The first-order chi connectivity index (χ1) is 14.4. The van der Waals surface area contributed by atoms with E-state index in [1.807, 2.05) is 0 Å². The number of hydrogen-bond donors (Lipinski definition) is 2. The molecule has 5 nitrogen and oxygen atoms in total. The minimum absolute atomic E-state index is 0.148.